The van der Waals surface area contributed by atoms with E-state index in [0.717, 1.165) is 23.7 Å². The Morgan fingerprint density at radius 3 is 2.73 bits per heavy atom. The number of likely N-dealkylation sites (N-methyl/N-ethyl adjacent to an activating group) is 1. The lowest BCUT2D eigenvalue weighted by Gasteiger charge is -2.13. The lowest BCUT2D eigenvalue weighted by molar-refractivity contribution is 0.523. The van der Waals surface area contributed by atoms with E-state index >= 15 is 0 Å². The van der Waals surface area contributed by atoms with Gasteiger partial charge in [0.25, 0.3) is 0 Å². The Kier molecular flexibility index (Phi) is 5.09. The number of hydrogen-bond acceptors (Lipinski definition) is 2. The molecule has 0 heterocycles. The van der Waals surface area contributed by atoms with Crippen LogP contribution in [0, 0.1) is 6.92 Å². The van der Waals surface area contributed by atoms with Gasteiger partial charge in [-0.25, -0.2) is 0 Å². The summed E-state index contributed by atoms with van der Waals surface area (Å²) >= 11 is 5.96. The molecule has 0 aromatic heterocycles. The molecular weight excluding hydrogens is 208 g/mol. The van der Waals surface area contributed by atoms with Crippen molar-refractivity contribution in [3.63, 3.8) is 0 Å². The predicted molar refractivity (Wildman–Crippen MR) is 66.4 cm³/mol. The summed E-state index contributed by atoms with van der Waals surface area (Å²) in [7, 11) is 1.96. The minimum Gasteiger partial charge on any atom is -0.318 e. The van der Waals surface area contributed by atoms with Crippen LogP contribution in [0.2, 0.25) is 5.02 Å². The second kappa shape index (κ2) is 6.11. The zero-order chi connectivity index (χ0) is 11.3. The average Bonchev–Trinajstić information content (AvgIpc) is 2.20. The van der Waals surface area contributed by atoms with Crippen molar-refractivity contribution in [1.29, 1.82) is 0 Å². The second-order valence-corrected chi connectivity index (χ2v) is 4.33. The summed E-state index contributed by atoms with van der Waals surface area (Å²) in [5.41, 5.74) is 2.41. The summed E-state index contributed by atoms with van der Waals surface area (Å²) in [6.07, 6.45) is 0. The van der Waals surface area contributed by atoms with E-state index in [0.29, 0.717) is 6.04 Å². The van der Waals surface area contributed by atoms with Crippen LogP contribution in [-0.4, -0.2) is 19.6 Å². The molecule has 0 radical (unpaired) electrons. The maximum absolute atomic E-state index is 5.96. The van der Waals surface area contributed by atoms with E-state index < -0.39 is 0 Å². The summed E-state index contributed by atoms with van der Waals surface area (Å²) < 4.78 is 0. The first kappa shape index (κ1) is 12.5. The van der Waals surface area contributed by atoms with Gasteiger partial charge in [0.15, 0.2) is 0 Å². The molecule has 1 aromatic carbocycles. The van der Waals surface area contributed by atoms with Gasteiger partial charge in [0.1, 0.15) is 0 Å². The third-order valence-electron chi connectivity index (χ3n) is 2.39. The fourth-order valence-corrected chi connectivity index (χ4v) is 1.60. The number of nitrogens with one attached hydrogen (secondary N) is 2. The smallest absolute Gasteiger partial charge is 0.0435 e. The van der Waals surface area contributed by atoms with Crippen molar-refractivity contribution in [2.75, 3.05) is 13.6 Å². The second-order valence-electron chi connectivity index (χ2n) is 3.92. The van der Waals surface area contributed by atoms with Crippen LogP contribution in [0.1, 0.15) is 18.1 Å². The van der Waals surface area contributed by atoms with Crippen molar-refractivity contribution in [2.24, 2.45) is 0 Å². The number of rotatable bonds is 5. The lowest BCUT2D eigenvalue weighted by atomic mass is 10.1. The Bertz CT molecular complexity index is 312. The van der Waals surface area contributed by atoms with Gasteiger partial charge in [-0.2, -0.15) is 0 Å². The standard InChI is InChI=1S/C12H19ClN2/c1-9-6-11(4-5-12(9)13)8-15-10(2)7-14-3/h4-6,10,14-15H,7-8H2,1-3H3. The van der Waals surface area contributed by atoms with E-state index in [2.05, 4.69) is 29.7 Å². The van der Waals surface area contributed by atoms with Gasteiger partial charge in [0, 0.05) is 24.2 Å². The van der Waals surface area contributed by atoms with E-state index in [4.69, 9.17) is 11.6 Å². The minimum absolute atomic E-state index is 0.478. The molecule has 84 valence electrons. The van der Waals surface area contributed by atoms with Crippen LogP contribution in [0.15, 0.2) is 18.2 Å². The molecule has 0 saturated carbocycles. The molecule has 0 amide bonds. The molecule has 1 aromatic rings. The normalized spacial score (nSPS) is 12.8. The molecule has 1 atom stereocenters. The predicted octanol–water partition coefficient (Wildman–Crippen LogP) is 2.35. The highest BCUT2D eigenvalue weighted by Gasteiger charge is 2.01. The minimum atomic E-state index is 0.478. The zero-order valence-corrected chi connectivity index (χ0v) is 10.4. The van der Waals surface area contributed by atoms with Crippen LogP contribution < -0.4 is 10.6 Å². The number of aryl methyl sites for hydroxylation is 1. The van der Waals surface area contributed by atoms with Crippen LogP contribution >= 0.6 is 11.6 Å². The molecule has 0 spiro atoms. The van der Waals surface area contributed by atoms with Gasteiger partial charge in [-0.1, -0.05) is 23.7 Å². The van der Waals surface area contributed by atoms with Gasteiger partial charge in [-0.15, -0.1) is 0 Å². The fraction of sp³-hybridized carbons (Fsp3) is 0.500. The summed E-state index contributed by atoms with van der Waals surface area (Å²) in [4.78, 5) is 0. The maximum atomic E-state index is 5.96. The summed E-state index contributed by atoms with van der Waals surface area (Å²) in [6.45, 7) is 6.07. The molecular formula is C12H19ClN2. The SMILES string of the molecule is CNCC(C)NCc1ccc(Cl)c(C)c1. The molecule has 0 fully saturated rings. The maximum Gasteiger partial charge on any atom is 0.0435 e. The Morgan fingerprint density at radius 2 is 2.13 bits per heavy atom. The Labute approximate surface area is 97.0 Å². The zero-order valence-electron chi connectivity index (χ0n) is 9.60. The van der Waals surface area contributed by atoms with Crippen LogP contribution in [0.5, 0.6) is 0 Å². The van der Waals surface area contributed by atoms with Gasteiger partial charge in [-0.3, -0.25) is 0 Å². The Balaban J connectivity index is 2.47. The molecule has 0 aliphatic rings. The third-order valence-corrected chi connectivity index (χ3v) is 2.81. The van der Waals surface area contributed by atoms with Gasteiger partial charge in [0.2, 0.25) is 0 Å². The summed E-state index contributed by atoms with van der Waals surface area (Å²) in [6, 6.07) is 6.62. The van der Waals surface area contributed by atoms with Crippen LogP contribution in [0.3, 0.4) is 0 Å². The largest absolute Gasteiger partial charge is 0.318 e. The first-order chi connectivity index (χ1) is 7.13. The molecule has 0 aliphatic heterocycles. The van der Waals surface area contributed by atoms with E-state index in [9.17, 15) is 0 Å². The molecule has 2 nitrogen and oxygen atoms in total. The summed E-state index contributed by atoms with van der Waals surface area (Å²) in [5, 5.41) is 7.42. The lowest BCUT2D eigenvalue weighted by Crippen LogP contribution is -2.34. The topological polar surface area (TPSA) is 24.1 Å². The number of benzene rings is 1. The molecule has 1 rings (SSSR count). The fourth-order valence-electron chi connectivity index (χ4n) is 1.49. The van der Waals surface area contributed by atoms with E-state index in [1.807, 2.05) is 20.0 Å². The highest BCUT2D eigenvalue weighted by atomic mass is 35.5. The monoisotopic (exact) mass is 226 g/mol. The van der Waals surface area contributed by atoms with Crippen molar-refractivity contribution in [3.05, 3.63) is 34.3 Å². The molecule has 0 aliphatic carbocycles. The Hall–Kier alpha value is -0.570. The van der Waals surface area contributed by atoms with Crippen molar-refractivity contribution >= 4 is 11.6 Å². The van der Waals surface area contributed by atoms with E-state index in [1.54, 1.807) is 0 Å². The third kappa shape index (κ3) is 4.20. The molecule has 1 unspecified atom stereocenters. The molecule has 0 bridgehead atoms. The molecule has 0 saturated heterocycles. The van der Waals surface area contributed by atoms with E-state index in [-0.39, 0.29) is 0 Å². The van der Waals surface area contributed by atoms with Crippen molar-refractivity contribution < 1.29 is 0 Å². The van der Waals surface area contributed by atoms with Gasteiger partial charge < -0.3 is 10.6 Å². The first-order valence-electron chi connectivity index (χ1n) is 5.26. The molecule has 15 heavy (non-hydrogen) atoms. The molecule has 3 heteroatoms. The van der Waals surface area contributed by atoms with Crippen molar-refractivity contribution in [2.45, 2.75) is 26.4 Å². The average molecular weight is 227 g/mol. The van der Waals surface area contributed by atoms with Crippen LogP contribution in [-0.2, 0) is 6.54 Å². The highest BCUT2D eigenvalue weighted by Crippen LogP contribution is 2.16. The van der Waals surface area contributed by atoms with Crippen molar-refractivity contribution in [1.82, 2.24) is 10.6 Å². The quantitative estimate of drug-likeness (QED) is 0.806. The first-order valence-corrected chi connectivity index (χ1v) is 5.64. The summed E-state index contributed by atoms with van der Waals surface area (Å²) in [5.74, 6) is 0. The molecule has 2 N–H and O–H groups in total. The van der Waals surface area contributed by atoms with Crippen molar-refractivity contribution in [3.8, 4) is 0 Å². The number of hydrogen-bond donors (Lipinski definition) is 2. The van der Waals surface area contributed by atoms with Gasteiger partial charge in [0.05, 0.1) is 0 Å². The van der Waals surface area contributed by atoms with Gasteiger partial charge in [-0.05, 0) is 38.1 Å². The highest BCUT2D eigenvalue weighted by molar-refractivity contribution is 6.31. The Morgan fingerprint density at radius 1 is 1.40 bits per heavy atom. The van der Waals surface area contributed by atoms with Gasteiger partial charge >= 0.3 is 0 Å². The van der Waals surface area contributed by atoms with Crippen LogP contribution in [0.25, 0.3) is 0 Å². The van der Waals surface area contributed by atoms with Crippen LogP contribution in [0.4, 0.5) is 0 Å². The van der Waals surface area contributed by atoms with E-state index in [1.165, 1.54) is 5.56 Å². The number of halogens is 1.